The molecule has 0 aliphatic heterocycles. The first-order valence-electron chi connectivity index (χ1n) is 5.67. The Morgan fingerprint density at radius 3 is 2.75 bits per heavy atom. The molecule has 6 nitrogen and oxygen atoms in total. The topological polar surface area (TPSA) is 60.2 Å². The highest BCUT2D eigenvalue weighted by molar-refractivity contribution is 6.32. The Morgan fingerprint density at radius 1 is 1.45 bits per heavy atom. The van der Waals surface area contributed by atoms with Crippen LogP contribution in [-0.2, 0) is 10.7 Å². The van der Waals surface area contributed by atoms with Gasteiger partial charge in [-0.2, -0.15) is 0 Å². The molecule has 8 heteroatoms. The maximum absolute atomic E-state index is 12.2. The highest BCUT2D eigenvalue weighted by Gasteiger charge is 2.22. The van der Waals surface area contributed by atoms with E-state index in [1.54, 1.807) is 24.3 Å². The van der Waals surface area contributed by atoms with Gasteiger partial charge in [0.2, 0.25) is 5.82 Å². The molecule has 2 rings (SSSR count). The molecule has 1 aromatic carbocycles. The third kappa shape index (κ3) is 2.77. The van der Waals surface area contributed by atoms with Crippen molar-refractivity contribution in [3.8, 4) is 5.69 Å². The molecule has 0 aliphatic rings. The Balaban J connectivity index is 2.55. The minimum absolute atomic E-state index is 0.0816. The molecule has 0 saturated carbocycles. The largest absolute Gasteiger partial charge is 0.315 e. The summed E-state index contributed by atoms with van der Waals surface area (Å²) in [6.45, 7) is 0. The average molecular weight is 315 g/mol. The first kappa shape index (κ1) is 14.8. The fraction of sp³-hybridized carbons (Fsp3) is 0.250. The van der Waals surface area contributed by atoms with Gasteiger partial charge >= 0.3 is 5.91 Å². The standard InChI is InChI=1S/C12H12Cl2N4O2/c1-17(20-2)12(19)11-15-10(7-13)16-18(11)9-6-4-3-5-8(9)14/h3-6H,7H2,1-2H3. The number of halogens is 2. The van der Waals surface area contributed by atoms with Crippen LogP contribution in [-0.4, -0.2) is 39.9 Å². The van der Waals surface area contributed by atoms with Gasteiger partial charge in [0.05, 0.1) is 23.7 Å². The van der Waals surface area contributed by atoms with Gasteiger partial charge in [0.15, 0.2) is 5.82 Å². The number of hydrogen-bond acceptors (Lipinski definition) is 4. The van der Waals surface area contributed by atoms with Gasteiger partial charge in [-0.1, -0.05) is 23.7 Å². The molecule has 1 heterocycles. The number of carbonyl (C=O) groups excluding carboxylic acids is 1. The fourth-order valence-corrected chi connectivity index (χ4v) is 1.89. The molecular formula is C12H12Cl2N4O2. The van der Waals surface area contributed by atoms with Crippen LogP contribution in [0.2, 0.25) is 5.02 Å². The van der Waals surface area contributed by atoms with E-state index in [9.17, 15) is 4.79 Å². The van der Waals surface area contributed by atoms with Crippen LogP contribution in [0.4, 0.5) is 0 Å². The molecule has 2 aromatic rings. The van der Waals surface area contributed by atoms with Gasteiger partial charge in [-0.15, -0.1) is 16.7 Å². The van der Waals surface area contributed by atoms with E-state index in [1.807, 2.05) is 0 Å². The molecule has 0 N–H and O–H groups in total. The quantitative estimate of drug-likeness (QED) is 0.641. The number of carbonyl (C=O) groups is 1. The monoisotopic (exact) mass is 314 g/mol. The third-order valence-corrected chi connectivity index (χ3v) is 3.16. The minimum Gasteiger partial charge on any atom is -0.274 e. The van der Waals surface area contributed by atoms with Crippen LogP contribution in [0.5, 0.6) is 0 Å². The second-order valence-corrected chi connectivity index (χ2v) is 4.51. The molecule has 0 radical (unpaired) electrons. The van der Waals surface area contributed by atoms with Crippen molar-refractivity contribution in [2.24, 2.45) is 0 Å². The molecular weight excluding hydrogens is 303 g/mol. The molecule has 0 fully saturated rings. The molecule has 20 heavy (non-hydrogen) atoms. The molecule has 106 valence electrons. The van der Waals surface area contributed by atoms with Crippen molar-refractivity contribution < 1.29 is 9.63 Å². The van der Waals surface area contributed by atoms with Crippen molar-refractivity contribution in [2.75, 3.05) is 14.2 Å². The normalized spacial score (nSPS) is 10.6. The molecule has 0 saturated heterocycles. The fourth-order valence-electron chi connectivity index (χ4n) is 1.56. The summed E-state index contributed by atoms with van der Waals surface area (Å²) in [5.41, 5.74) is 0.547. The number of hydrogen-bond donors (Lipinski definition) is 0. The van der Waals surface area contributed by atoms with E-state index in [1.165, 1.54) is 18.8 Å². The second kappa shape index (κ2) is 6.21. The van der Waals surface area contributed by atoms with Gasteiger partial charge in [0, 0.05) is 7.05 Å². The Morgan fingerprint density at radius 2 is 2.15 bits per heavy atom. The minimum atomic E-state index is -0.448. The van der Waals surface area contributed by atoms with Crippen molar-refractivity contribution in [3.63, 3.8) is 0 Å². The Kier molecular flexibility index (Phi) is 4.59. The Labute approximate surface area is 125 Å². The van der Waals surface area contributed by atoms with Crippen LogP contribution >= 0.6 is 23.2 Å². The third-order valence-electron chi connectivity index (χ3n) is 2.60. The lowest BCUT2D eigenvalue weighted by atomic mass is 10.3. The SMILES string of the molecule is CON(C)C(=O)c1nc(CCl)nn1-c1ccccc1Cl. The van der Waals surface area contributed by atoms with Gasteiger partial charge in [-0.25, -0.2) is 14.7 Å². The molecule has 1 amide bonds. The number of amides is 1. The van der Waals surface area contributed by atoms with Crippen molar-refractivity contribution in [2.45, 2.75) is 5.88 Å². The second-order valence-electron chi connectivity index (χ2n) is 3.83. The van der Waals surface area contributed by atoms with Crippen molar-refractivity contribution in [3.05, 3.63) is 40.9 Å². The predicted octanol–water partition coefficient (Wildman–Crippen LogP) is 2.29. The maximum Gasteiger partial charge on any atom is 0.315 e. The van der Waals surface area contributed by atoms with E-state index in [-0.39, 0.29) is 11.7 Å². The van der Waals surface area contributed by atoms with E-state index in [4.69, 9.17) is 28.0 Å². The lowest BCUT2D eigenvalue weighted by molar-refractivity contribution is -0.0765. The van der Waals surface area contributed by atoms with Crippen molar-refractivity contribution in [1.82, 2.24) is 19.8 Å². The Hall–Kier alpha value is -1.63. The molecule has 0 unspecified atom stereocenters. The molecule has 0 bridgehead atoms. The number of alkyl halides is 1. The first-order chi connectivity index (χ1) is 9.58. The lowest BCUT2D eigenvalue weighted by Crippen LogP contribution is -2.28. The maximum atomic E-state index is 12.2. The molecule has 0 spiro atoms. The highest BCUT2D eigenvalue weighted by atomic mass is 35.5. The van der Waals surface area contributed by atoms with Gasteiger partial charge in [0.1, 0.15) is 0 Å². The zero-order valence-corrected chi connectivity index (χ0v) is 12.4. The summed E-state index contributed by atoms with van der Waals surface area (Å²) in [6, 6.07) is 7.01. The van der Waals surface area contributed by atoms with Crippen LogP contribution in [0.3, 0.4) is 0 Å². The average Bonchev–Trinajstić information content (AvgIpc) is 2.90. The zero-order chi connectivity index (χ0) is 14.7. The van der Waals surface area contributed by atoms with Gasteiger partial charge in [0.25, 0.3) is 0 Å². The van der Waals surface area contributed by atoms with E-state index >= 15 is 0 Å². The number of para-hydroxylation sites is 1. The number of rotatable bonds is 4. The van der Waals surface area contributed by atoms with Gasteiger partial charge < -0.3 is 0 Å². The van der Waals surface area contributed by atoms with Crippen LogP contribution in [0.15, 0.2) is 24.3 Å². The summed E-state index contributed by atoms with van der Waals surface area (Å²) < 4.78 is 1.36. The first-order valence-corrected chi connectivity index (χ1v) is 6.58. The summed E-state index contributed by atoms with van der Waals surface area (Å²) in [4.78, 5) is 21.2. The summed E-state index contributed by atoms with van der Waals surface area (Å²) in [5, 5.41) is 5.69. The summed E-state index contributed by atoms with van der Waals surface area (Å²) in [6.07, 6.45) is 0. The summed E-state index contributed by atoms with van der Waals surface area (Å²) in [7, 11) is 2.87. The van der Waals surface area contributed by atoms with Crippen LogP contribution in [0.1, 0.15) is 16.4 Å². The van der Waals surface area contributed by atoms with E-state index in [0.29, 0.717) is 16.5 Å². The zero-order valence-electron chi connectivity index (χ0n) is 10.9. The molecule has 0 aliphatic carbocycles. The van der Waals surface area contributed by atoms with E-state index < -0.39 is 5.91 Å². The number of nitrogens with zero attached hydrogens (tertiary/aromatic N) is 4. The number of hydroxylamine groups is 2. The molecule has 1 aromatic heterocycles. The predicted molar refractivity (Wildman–Crippen MR) is 75.0 cm³/mol. The highest BCUT2D eigenvalue weighted by Crippen LogP contribution is 2.21. The van der Waals surface area contributed by atoms with E-state index in [2.05, 4.69) is 10.1 Å². The van der Waals surface area contributed by atoms with E-state index in [0.717, 1.165) is 5.06 Å². The smallest absolute Gasteiger partial charge is 0.274 e. The lowest BCUT2D eigenvalue weighted by Gasteiger charge is -2.13. The van der Waals surface area contributed by atoms with Gasteiger partial charge in [-0.3, -0.25) is 9.63 Å². The Bertz CT molecular complexity index is 630. The molecule has 0 atom stereocenters. The van der Waals surface area contributed by atoms with Gasteiger partial charge in [-0.05, 0) is 12.1 Å². The summed E-state index contributed by atoms with van der Waals surface area (Å²) >= 11 is 11.9. The van der Waals surface area contributed by atoms with Crippen LogP contribution in [0, 0.1) is 0 Å². The van der Waals surface area contributed by atoms with Crippen LogP contribution < -0.4 is 0 Å². The summed E-state index contributed by atoms with van der Waals surface area (Å²) in [5.74, 6) is 0.0582. The van der Waals surface area contributed by atoms with Crippen molar-refractivity contribution >= 4 is 29.1 Å². The number of aromatic nitrogens is 3. The van der Waals surface area contributed by atoms with Crippen LogP contribution in [0.25, 0.3) is 5.69 Å². The number of benzene rings is 1. The van der Waals surface area contributed by atoms with Crippen molar-refractivity contribution in [1.29, 1.82) is 0 Å².